The van der Waals surface area contributed by atoms with Gasteiger partial charge in [-0.1, -0.05) is 49.4 Å². The standard InChI is InChI=1S/C22H31N3O2.HI/c1-5-23-22(25-17(3)16(2)18-10-7-6-8-11-18)24-15-14-19-12-9-13-20(27-4)21(19)26;/h6-13,16-17,26H,5,14-15H2,1-4H3,(H2,23,24,25);1H. The Morgan fingerprint density at radius 2 is 1.82 bits per heavy atom. The Hall–Kier alpha value is -1.96. The van der Waals surface area contributed by atoms with E-state index < -0.39 is 0 Å². The lowest BCUT2D eigenvalue weighted by molar-refractivity contribution is 0.370. The van der Waals surface area contributed by atoms with E-state index in [0.717, 1.165) is 18.1 Å². The van der Waals surface area contributed by atoms with E-state index in [1.807, 2.05) is 18.2 Å². The van der Waals surface area contributed by atoms with Crippen LogP contribution >= 0.6 is 24.0 Å². The van der Waals surface area contributed by atoms with E-state index in [4.69, 9.17) is 4.74 Å². The van der Waals surface area contributed by atoms with E-state index in [0.29, 0.717) is 24.6 Å². The molecule has 0 saturated heterocycles. The van der Waals surface area contributed by atoms with Crippen LogP contribution in [0.5, 0.6) is 11.5 Å². The van der Waals surface area contributed by atoms with E-state index in [2.05, 4.69) is 60.7 Å². The predicted octanol–water partition coefficient (Wildman–Crippen LogP) is 4.31. The molecule has 0 radical (unpaired) electrons. The number of ether oxygens (including phenoxy) is 1. The number of rotatable bonds is 8. The number of hydrogen-bond donors (Lipinski definition) is 3. The number of nitrogens with one attached hydrogen (secondary N) is 2. The van der Waals surface area contributed by atoms with Gasteiger partial charge in [-0.2, -0.15) is 0 Å². The maximum atomic E-state index is 10.2. The molecule has 154 valence electrons. The summed E-state index contributed by atoms with van der Waals surface area (Å²) in [5, 5.41) is 17.0. The molecule has 2 rings (SSSR count). The second kappa shape index (κ2) is 12.5. The summed E-state index contributed by atoms with van der Waals surface area (Å²) < 4.78 is 5.16. The molecule has 0 fully saturated rings. The zero-order chi connectivity index (χ0) is 19.6. The Morgan fingerprint density at radius 1 is 1.11 bits per heavy atom. The van der Waals surface area contributed by atoms with Crippen molar-refractivity contribution < 1.29 is 9.84 Å². The fourth-order valence-electron chi connectivity index (χ4n) is 2.93. The van der Waals surface area contributed by atoms with E-state index in [1.54, 1.807) is 13.2 Å². The van der Waals surface area contributed by atoms with Gasteiger partial charge in [-0.05, 0) is 37.5 Å². The Labute approximate surface area is 185 Å². The summed E-state index contributed by atoms with van der Waals surface area (Å²) >= 11 is 0. The van der Waals surface area contributed by atoms with Gasteiger partial charge >= 0.3 is 0 Å². The van der Waals surface area contributed by atoms with Crippen LogP contribution in [0, 0.1) is 0 Å². The Kier molecular flexibility index (Phi) is 10.7. The predicted molar refractivity (Wildman–Crippen MR) is 127 cm³/mol. The second-order valence-electron chi connectivity index (χ2n) is 6.61. The third-order valence-corrected chi connectivity index (χ3v) is 4.74. The molecule has 0 aliphatic heterocycles. The summed E-state index contributed by atoms with van der Waals surface area (Å²) in [5.74, 6) is 1.83. The van der Waals surface area contributed by atoms with Gasteiger partial charge in [0.2, 0.25) is 0 Å². The number of methoxy groups -OCH3 is 1. The van der Waals surface area contributed by atoms with Crippen LogP contribution in [-0.4, -0.2) is 37.3 Å². The van der Waals surface area contributed by atoms with E-state index in [-0.39, 0.29) is 35.8 Å². The zero-order valence-electron chi connectivity index (χ0n) is 17.1. The fraction of sp³-hybridized carbons (Fsp3) is 0.409. The third-order valence-electron chi connectivity index (χ3n) is 4.74. The molecule has 28 heavy (non-hydrogen) atoms. The molecule has 5 nitrogen and oxygen atoms in total. The average molecular weight is 497 g/mol. The Morgan fingerprint density at radius 3 is 2.46 bits per heavy atom. The van der Waals surface area contributed by atoms with E-state index in [1.165, 1.54) is 5.56 Å². The quantitative estimate of drug-likeness (QED) is 0.289. The number of phenols is 1. The molecular weight excluding hydrogens is 465 g/mol. The van der Waals surface area contributed by atoms with Crippen LogP contribution in [0.2, 0.25) is 0 Å². The van der Waals surface area contributed by atoms with Gasteiger partial charge in [0, 0.05) is 25.0 Å². The normalized spacial score (nSPS) is 13.2. The number of benzene rings is 2. The van der Waals surface area contributed by atoms with Crippen LogP contribution in [0.3, 0.4) is 0 Å². The van der Waals surface area contributed by atoms with Gasteiger partial charge in [-0.3, -0.25) is 4.99 Å². The van der Waals surface area contributed by atoms with E-state index in [9.17, 15) is 5.11 Å². The first-order valence-electron chi connectivity index (χ1n) is 9.51. The summed E-state index contributed by atoms with van der Waals surface area (Å²) in [7, 11) is 1.56. The van der Waals surface area contributed by atoms with Gasteiger partial charge in [0.25, 0.3) is 0 Å². The highest BCUT2D eigenvalue weighted by Crippen LogP contribution is 2.29. The van der Waals surface area contributed by atoms with E-state index >= 15 is 0 Å². The molecule has 0 aliphatic carbocycles. The van der Waals surface area contributed by atoms with Crippen LogP contribution in [0.15, 0.2) is 53.5 Å². The summed E-state index contributed by atoms with van der Waals surface area (Å²) in [5.41, 5.74) is 2.13. The van der Waals surface area contributed by atoms with Crippen molar-refractivity contribution in [2.75, 3.05) is 20.2 Å². The van der Waals surface area contributed by atoms with Crippen LogP contribution in [-0.2, 0) is 6.42 Å². The minimum atomic E-state index is 0. The van der Waals surface area contributed by atoms with Crippen molar-refractivity contribution in [1.29, 1.82) is 0 Å². The lowest BCUT2D eigenvalue weighted by Crippen LogP contribution is -2.44. The second-order valence-corrected chi connectivity index (χ2v) is 6.61. The highest BCUT2D eigenvalue weighted by molar-refractivity contribution is 14.0. The number of halogens is 1. The lowest BCUT2D eigenvalue weighted by atomic mass is 9.94. The molecule has 0 spiro atoms. The molecule has 2 aromatic carbocycles. The first kappa shape index (κ1) is 24.1. The van der Waals surface area contributed by atoms with Crippen molar-refractivity contribution in [2.24, 2.45) is 4.99 Å². The van der Waals surface area contributed by atoms with Crippen LogP contribution < -0.4 is 15.4 Å². The number of aliphatic imine (C=N–C) groups is 1. The Balaban J connectivity index is 0.00000392. The fourth-order valence-corrected chi connectivity index (χ4v) is 2.93. The number of guanidine groups is 1. The van der Waals surface area contributed by atoms with Gasteiger partial charge in [-0.15, -0.1) is 24.0 Å². The first-order valence-corrected chi connectivity index (χ1v) is 9.51. The topological polar surface area (TPSA) is 65.9 Å². The maximum Gasteiger partial charge on any atom is 0.191 e. The molecule has 2 atom stereocenters. The third kappa shape index (κ3) is 6.89. The molecule has 6 heteroatoms. The summed E-state index contributed by atoms with van der Waals surface area (Å²) in [6.45, 7) is 7.80. The van der Waals surface area contributed by atoms with Crippen molar-refractivity contribution in [2.45, 2.75) is 39.2 Å². The largest absolute Gasteiger partial charge is 0.504 e. The van der Waals surface area contributed by atoms with Crippen molar-refractivity contribution in [1.82, 2.24) is 10.6 Å². The molecule has 0 heterocycles. The van der Waals surface area contributed by atoms with Crippen LogP contribution in [0.4, 0.5) is 0 Å². The minimum absolute atomic E-state index is 0. The molecule has 0 aliphatic rings. The van der Waals surface area contributed by atoms with Gasteiger partial charge < -0.3 is 20.5 Å². The molecule has 0 amide bonds. The highest BCUT2D eigenvalue weighted by Gasteiger charge is 2.15. The molecule has 3 N–H and O–H groups in total. The molecule has 0 saturated carbocycles. The monoisotopic (exact) mass is 497 g/mol. The number of aromatic hydroxyl groups is 1. The van der Waals surface area contributed by atoms with Crippen molar-refractivity contribution in [3.8, 4) is 11.5 Å². The summed E-state index contributed by atoms with van der Waals surface area (Å²) in [6.07, 6.45) is 0.641. The minimum Gasteiger partial charge on any atom is -0.504 e. The molecule has 2 unspecified atom stereocenters. The number of para-hydroxylation sites is 1. The molecule has 0 aromatic heterocycles. The maximum absolute atomic E-state index is 10.2. The zero-order valence-corrected chi connectivity index (χ0v) is 19.4. The first-order chi connectivity index (χ1) is 13.1. The van der Waals surface area contributed by atoms with Gasteiger partial charge in [0.15, 0.2) is 17.5 Å². The van der Waals surface area contributed by atoms with Crippen molar-refractivity contribution in [3.05, 3.63) is 59.7 Å². The number of nitrogens with zero attached hydrogens (tertiary/aromatic N) is 1. The average Bonchev–Trinajstić information content (AvgIpc) is 2.69. The molecular formula is C22H32IN3O2. The summed E-state index contributed by atoms with van der Waals surface area (Å²) in [6, 6.07) is 16.2. The van der Waals surface area contributed by atoms with Gasteiger partial charge in [0.1, 0.15) is 0 Å². The lowest BCUT2D eigenvalue weighted by Gasteiger charge is -2.24. The van der Waals surface area contributed by atoms with Crippen molar-refractivity contribution >= 4 is 29.9 Å². The molecule has 2 aromatic rings. The van der Waals surface area contributed by atoms with Gasteiger partial charge in [0.05, 0.1) is 7.11 Å². The smallest absolute Gasteiger partial charge is 0.191 e. The number of hydrogen-bond acceptors (Lipinski definition) is 3. The van der Waals surface area contributed by atoms with Crippen LogP contribution in [0.1, 0.15) is 37.8 Å². The van der Waals surface area contributed by atoms with Crippen LogP contribution in [0.25, 0.3) is 0 Å². The SMILES string of the molecule is CCNC(=NCCc1cccc(OC)c1O)NC(C)C(C)c1ccccc1.I. The number of phenolic OH excluding ortho intramolecular Hbond substituents is 1. The van der Waals surface area contributed by atoms with Crippen molar-refractivity contribution in [3.63, 3.8) is 0 Å². The molecule has 0 bridgehead atoms. The highest BCUT2D eigenvalue weighted by atomic mass is 127. The summed E-state index contributed by atoms with van der Waals surface area (Å²) in [4.78, 5) is 4.66. The van der Waals surface area contributed by atoms with Gasteiger partial charge in [-0.25, -0.2) is 0 Å². The Bertz CT molecular complexity index is 738.